The van der Waals surface area contributed by atoms with Gasteiger partial charge in [0.1, 0.15) is 0 Å². The van der Waals surface area contributed by atoms with Gasteiger partial charge in [0, 0.05) is 18.0 Å². The fourth-order valence-electron chi connectivity index (χ4n) is 1.51. The number of carbonyl (C=O) groups is 1. The van der Waals surface area contributed by atoms with E-state index in [1.165, 1.54) is 5.56 Å². The highest BCUT2D eigenvalue weighted by Gasteiger charge is 2.13. The molecule has 1 rings (SSSR count). The third kappa shape index (κ3) is 6.62. The highest BCUT2D eigenvalue weighted by atomic mass is 35.5. The molecule has 0 fully saturated rings. The largest absolute Gasteiger partial charge is 0.389 e. The van der Waals surface area contributed by atoms with Gasteiger partial charge in [-0.2, -0.15) is 0 Å². The van der Waals surface area contributed by atoms with E-state index in [-0.39, 0.29) is 12.5 Å². The molecule has 0 radical (unpaired) electrons. The first-order chi connectivity index (χ1) is 8.37. The zero-order chi connectivity index (χ0) is 13.6. The Morgan fingerprint density at radius 3 is 2.50 bits per heavy atom. The van der Waals surface area contributed by atoms with Gasteiger partial charge in [0.25, 0.3) is 0 Å². The molecule has 0 saturated heterocycles. The number of amides is 1. The summed E-state index contributed by atoms with van der Waals surface area (Å²) in [5, 5.41) is 12.9. The summed E-state index contributed by atoms with van der Waals surface area (Å²) in [6, 6.07) is 7.64. The molecule has 0 atom stereocenters. The highest BCUT2D eigenvalue weighted by Crippen LogP contribution is 2.11. The molecule has 0 saturated carbocycles. The Morgan fingerprint density at radius 2 is 1.94 bits per heavy atom. The number of hydrogen-bond donors (Lipinski definition) is 2. The third-order valence-corrected chi connectivity index (χ3v) is 2.75. The second-order valence-electron chi connectivity index (χ2n) is 5.07. The van der Waals surface area contributed by atoms with Crippen molar-refractivity contribution in [3.05, 3.63) is 34.9 Å². The van der Waals surface area contributed by atoms with Crippen molar-refractivity contribution in [2.45, 2.75) is 38.7 Å². The summed E-state index contributed by atoms with van der Waals surface area (Å²) in [5.41, 5.74) is 0.320. The van der Waals surface area contributed by atoms with E-state index in [4.69, 9.17) is 11.6 Å². The standard InChI is InChI=1S/C14H20ClNO2/c1-14(2,18)10-16-13(17)5-3-4-11-6-8-12(15)9-7-11/h6-9,18H,3-5,10H2,1-2H3,(H,16,17). The zero-order valence-corrected chi connectivity index (χ0v) is 11.6. The number of carbonyl (C=O) groups excluding carboxylic acids is 1. The van der Waals surface area contributed by atoms with Crippen LogP contribution in [0, 0.1) is 0 Å². The van der Waals surface area contributed by atoms with E-state index >= 15 is 0 Å². The third-order valence-electron chi connectivity index (χ3n) is 2.50. The van der Waals surface area contributed by atoms with Crippen molar-refractivity contribution in [1.29, 1.82) is 0 Å². The summed E-state index contributed by atoms with van der Waals surface area (Å²) in [5.74, 6) is -0.0221. The van der Waals surface area contributed by atoms with Crippen molar-refractivity contribution in [1.82, 2.24) is 5.32 Å². The number of rotatable bonds is 6. The lowest BCUT2D eigenvalue weighted by atomic mass is 10.1. The molecule has 0 aliphatic heterocycles. The van der Waals surface area contributed by atoms with Crippen LogP contribution >= 0.6 is 11.6 Å². The maximum atomic E-state index is 11.5. The van der Waals surface area contributed by atoms with Crippen LogP contribution in [-0.2, 0) is 11.2 Å². The average Bonchev–Trinajstić information content (AvgIpc) is 2.28. The van der Waals surface area contributed by atoms with Crippen LogP contribution in [0.25, 0.3) is 0 Å². The van der Waals surface area contributed by atoms with Gasteiger partial charge in [0.15, 0.2) is 0 Å². The van der Waals surface area contributed by atoms with E-state index in [2.05, 4.69) is 5.32 Å². The summed E-state index contributed by atoms with van der Waals surface area (Å²) >= 11 is 5.79. The van der Waals surface area contributed by atoms with Crippen LogP contribution < -0.4 is 5.32 Å². The van der Waals surface area contributed by atoms with E-state index in [1.54, 1.807) is 13.8 Å². The van der Waals surface area contributed by atoms with E-state index in [1.807, 2.05) is 24.3 Å². The SMILES string of the molecule is CC(C)(O)CNC(=O)CCCc1ccc(Cl)cc1. The lowest BCUT2D eigenvalue weighted by molar-refractivity contribution is -0.122. The van der Waals surface area contributed by atoms with Crippen LogP contribution in [-0.4, -0.2) is 23.2 Å². The number of aryl methyl sites for hydroxylation is 1. The predicted molar refractivity (Wildman–Crippen MR) is 73.7 cm³/mol. The van der Waals surface area contributed by atoms with Crippen LogP contribution in [0.1, 0.15) is 32.3 Å². The molecule has 1 aromatic carbocycles. The van der Waals surface area contributed by atoms with Gasteiger partial charge in [-0.25, -0.2) is 0 Å². The molecule has 0 aromatic heterocycles. The summed E-state index contributed by atoms with van der Waals surface area (Å²) in [6.45, 7) is 3.62. The number of hydrogen-bond acceptors (Lipinski definition) is 2. The van der Waals surface area contributed by atoms with Gasteiger partial charge in [0.2, 0.25) is 5.91 Å². The van der Waals surface area contributed by atoms with Gasteiger partial charge in [-0.15, -0.1) is 0 Å². The van der Waals surface area contributed by atoms with Gasteiger partial charge >= 0.3 is 0 Å². The summed E-state index contributed by atoms with van der Waals surface area (Å²) < 4.78 is 0. The summed E-state index contributed by atoms with van der Waals surface area (Å²) in [7, 11) is 0. The minimum absolute atomic E-state index is 0.0221. The monoisotopic (exact) mass is 269 g/mol. The topological polar surface area (TPSA) is 49.3 Å². The number of benzene rings is 1. The Morgan fingerprint density at radius 1 is 1.33 bits per heavy atom. The van der Waals surface area contributed by atoms with Gasteiger partial charge in [-0.05, 0) is 44.4 Å². The van der Waals surface area contributed by atoms with Crippen molar-refractivity contribution >= 4 is 17.5 Å². The maximum Gasteiger partial charge on any atom is 0.220 e. The normalized spacial score (nSPS) is 11.3. The minimum atomic E-state index is -0.855. The molecule has 0 heterocycles. The number of aliphatic hydroxyl groups is 1. The van der Waals surface area contributed by atoms with Crippen molar-refractivity contribution in [2.75, 3.05) is 6.54 Å². The van der Waals surface area contributed by atoms with Gasteiger partial charge in [-0.3, -0.25) is 4.79 Å². The van der Waals surface area contributed by atoms with Gasteiger partial charge in [-0.1, -0.05) is 23.7 Å². The van der Waals surface area contributed by atoms with Crippen LogP contribution in [0.15, 0.2) is 24.3 Å². The van der Waals surface area contributed by atoms with E-state index < -0.39 is 5.60 Å². The Balaban J connectivity index is 2.21. The maximum absolute atomic E-state index is 11.5. The van der Waals surface area contributed by atoms with Crippen LogP contribution in [0.2, 0.25) is 5.02 Å². The fraction of sp³-hybridized carbons (Fsp3) is 0.500. The van der Waals surface area contributed by atoms with Crippen LogP contribution in [0.4, 0.5) is 0 Å². The lowest BCUT2D eigenvalue weighted by Crippen LogP contribution is -2.38. The van der Waals surface area contributed by atoms with Crippen molar-refractivity contribution in [2.24, 2.45) is 0 Å². The summed E-state index contributed by atoms with van der Waals surface area (Å²) in [4.78, 5) is 11.5. The molecule has 4 heteroatoms. The Labute approximate surface area is 113 Å². The first-order valence-corrected chi connectivity index (χ1v) is 6.48. The molecule has 1 amide bonds. The van der Waals surface area contributed by atoms with E-state index in [0.717, 1.165) is 17.9 Å². The average molecular weight is 270 g/mol. The number of halogens is 1. The first-order valence-electron chi connectivity index (χ1n) is 6.10. The van der Waals surface area contributed by atoms with Crippen LogP contribution in [0.3, 0.4) is 0 Å². The second-order valence-corrected chi connectivity index (χ2v) is 5.51. The lowest BCUT2D eigenvalue weighted by Gasteiger charge is -2.17. The van der Waals surface area contributed by atoms with Gasteiger partial charge < -0.3 is 10.4 Å². The van der Waals surface area contributed by atoms with Crippen molar-refractivity contribution < 1.29 is 9.90 Å². The molecular formula is C14H20ClNO2. The van der Waals surface area contributed by atoms with Crippen molar-refractivity contribution in [3.63, 3.8) is 0 Å². The zero-order valence-electron chi connectivity index (χ0n) is 10.9. The summed E-state index contributed by atoms with van der Waals surface area (Å²) in [6.07, 6.45) is 2.12. The molecule has 0 spiro atoms. The molecule has 1 aromatic rings. The Kier molecular flexibility index (Phi) is 5.63. The first kappa shape index (κ1) is 15.0. The fourth-order valence-corrected chi connectivity index (χ4v) is 1.63. The molecule has 0 unspecified atom stereocenters. The smallest absolute Gasteiger partial charge is 0.220 e. The van der Waals surface area contributed by atoms with E-state index in [9.17, 15) is 9.90 Å². The number of nitrogens with one attached hydrogen (secondary N) is 1. The van der Waals surface area contributed by atoms with Gasteiger partial charge in [0.05, 0.1) is 5.60 Å². The minimum Gasteiger partial charge on any atom is -0.389 e. The van der Waals surface area contributed by atoms with E-state index in [0.29, 0.717) is 6.42 Å². The molecule has 18 heavy (non-hydrogen) atoms. The second kappa shape index (κ2) is 6.76. The molecule has 2 N–H and O–H groups in total. The Bertz CT molecular complexity index is 382. The molecular weight excluding hydrogens is 250 g/mol. The molecule has 0 aliphatic rings. The van der Waals surface area contributed by atoms with Crippen LogP contribution in [0.5, 0.6) is 0 Å². The molecule has 3 nitrogen and oxygen atoms in total. The Hall–Kier alpha value is -1.06. The molecule has 0 aliphatic carbocycles. The highest BCUT2D eigenvalue weighted by molar-refractivity contribution is 6.30. The molecule has 100 valence electrons. The predicted octanol–water partition coefficient (Wildman–Crippen LogP) is 2.55. The molecule has 0 bridgehead atoms. The quantitative estimate of drug-likeness (QED) is 0.834. The van der Waals surface area contributed by atoms with Crippen molar-refractivity contribution in [3.8, 4) is 0 Å².